The maximum absolute atomic E-state index is 12.1. The Balaban J connectivity index is 1.60. The molecule has 2 N–H and O–H groups in total. The van der Waals surface area contributed by atoms with Crippen LogP contribution in [0.1, 0.15) is 16.1 Å². The number of rotatable bonds is 5. The summed E-state index contributed by atoms with van der Waals surface area (Å²) in [6, 6.07) is 10.8. The summed E-state index contributed by atoms with van der Waals surface area (Å²) in [6.07, 6.45) is 0.221. The van der Waals surface area contributed by atoms with Crippen molar-refractivity contribution in [2.24, 2.45) is 0 Å². The number of thiophene rings is 1. The molecular formula is C17H15N3O2S2. The van der Waals surface area contributed by atoms with E-state index < -0.39 is 0 Å². The van der Waals surface area contributed by atoms with Crippen molar-refractivity contribution in [3.05, 3.63) is 58.4 Å². The van der Waals surface area contributed by atoms with E-state index in [0.717, 1.165) is 15.6 Å². The fraction of sp³-hybridized carbons (Fsp3) is 0.118. The van der Waals surface area contributed by atoms with Crippen molar-refractivity contribution in [1.82, 2.24) is 10.3 Å². The second-order valence-corrected chi connectivity index (χ2v) is 6.81. The van der Waals surface area contributed by atoms with Crippen LogP contribution in [0.4, 0.5) is 5.69 Å². The highest BCUT2D eigenvalue weighted by molar-refractivity contribution is 7.20. The van der Waals surface area contributed by atoms with Gasteiger partial charge in [-0.05, 0) is 35.7 Å². The zero-order valence-electron chi connectivity index (χ0n) is 12.9. The number of hydrogen-bond acceptors (Lipinski definition) is 5. The fourth-order valence-corrected chi connectivity index (χ4v) is 3.75. The zero-order chi connectivity index (χ0) is 16.9. The second kappa shape index (κ2) is 7.37. The molecule has 0 aliphatic heterocycles. The Hall–Kier alpha value is -2.51. The van der Waals surface area contributed by atoms with Gasteiger partial charge in [-0.25, -0.2) is 4.98 Å². The number of amides is 2. The van der Waals surface area contributed by atoms with Crippen LogP contribution in [0.25, 0.3) is 9.88 Å². The molecule has 7 heteroatoms. The van der Waals surface area contributed by atoms with Gasteiger partial charge in [-0.2, -0.15) is 0 Å². The smallest absolute Gasteiger partial charge is 0.251 e. The number of hydrogen-bond donors (Lipinski definition) is 2. The van der Waals surface area contributed by atoms with Crippen LogP contribution < -0.4 is 10.6 Å². The summed E-state index contributed by atoms with van der Waals surface area (Å²) >= 11 is 3.17. The highest BCUT2D eigenvalue weighted by Crippen LogP contribution is 2.27. The number of nitrogens with zero attached hydrogens (tertiary/aromatic N) is 1. The molecule has 3 rings (SSSR count). The molecule has 0 saturated heterocycles. The van der Waals surface area contributed by atoms with Gasteiger partial charge in [0.2, 0.25) is 5.91 Å². The summed E-state index contributed by atoms with van der Waals surface area (Å²) in [4.78, 5) is 29.2. The molecule has 0 aliphatic rings. The van der Waals surface area contributed by atoms with Crippen molar-refractivity contribution in [2.45, 2.75) is 6.42 Å². The zero-order valence-corrected chi connectivity index (χ0v) is 14.5. The molecule has 0 spiro atoms. The van der Waals surface area contributed by atoms with Gasteiger partial charge in [0.1, 0.15) is 5.01 Å². The van der Waals surface area contributed by atoms with Crippen LogP contribution in [-0.4, -0.2) is 23.8 Å². The summed E-state index contributed by atoms with van der Waals surface area (Å²) < 4.78 is 0. The molecule has 0 bridgehead atoms. The highest BCUT2D eigenvalue weighted by atomic mass is 32.1. The van der Waals surface area contributed by atoms with E-state index in [-0.39, 0.29) is 18.2 Å². The standard InChI is InChI=1S/C17H15N3O2S2/c1-18-16(22)11-4-6-12(7-5-11)19-15(21)9-13-10-24-17(20-13)14-3-2-8-23-14/h2-8,10H,9H2,1H3,(H,18,22)(H,19,21). The van der Waals surface area contributed by atoms with Crippen LogP contribution in [0.3, 0.4) is 0 Å². The number of anilines is 1. The molecule has 0 unspecified atom stereocenters. The van der Waals surface area contributed by atoms with Gasteiger partial charge < -0.3 is 10.6 Å². The van der Waals surface area contributed by atoms with E-state index in [4.69, 9.17) is 0 Å². The molecule has 122 valence electrons. The van der Waals surface area contributed by atoms with Crippen molar-refractivity contribution in [1.29, 1.82) is 0 Å². The quantitative estimate of drug-likeness (QED) is 0.735. The minimum absolute atomic E-state index is 0.134. The van der Waals surface area contributed by atoms with Gasteiger partial charge in [0.25, 0.3) is 5.91 Å². The van der Waals surface area contributed by atoms with E-state index in [1.807, 2.05) is 22.9 Å². The van der Waals surface area contributed by atoms with Crippen molar-refractivity contribution in [2.75, 3.05) is 12.4 Å². The Bertz CT molecular complexity index is 839. The van der Waals surface area contributed by atoms with Gasteiger partial charge in [-0.3, -0.25) is 9.59 Å². The molecule has 2 heterocycles. The number of aromatic nitrogens is 1. The van der Waals surface area contributed by atoms with E-state index in [1.54, 1.807) is 42.6 Å². The first kappa shape index (κ1) is 16.4. The van der Waals surface area contributed by atoms with Gasteiger partial charge in [0.15, 0.2) is 0 Å². The number of thiazole rings is 1. The van der Waals surface area contributed by atoms with Crippen molar-refractivity contribution < 1.29 is 9.59 Å². The lowest BCUT2D eigenvalue weighted by atomic mass is 10.2. The Kier molecular flexibility index (Phi) is 5.02. The summed E-state index contributed by atoms with van der Waals surface area (Å²) in [5, 5.41) is 10.2. The van der Waals surface area contributed by atoms with Crippen LogP contribution >= 0.6 is 22.7 Å². The van der Waals surface area contributed by atoms with Gasteiger partial charge in [0.05, 0.1) is 17.0 Å². The summed E-state index contributed by atoms with van der Waals surface area (Å²) in [5.41, 5.74) is 1.96. The maximum Gasteiger partial charge on any atom is 0.251 e. The van der Waals surface area contributed by atoms with Gasteiger partial charge in [-0.1, -0.05) is 6.07 Å². The van der Waals surface area contributed by atoms with Crippen LogP contribution in [0.2, 0.25) is 0 Å². The monoisotopic (exact) mass is 357 g/mol. The topological polar surface area (TPSA) is 71.1 Å². The van der Waals surface area contributed by atoms with Gasteiger partial charge in [-0.15, -0.1) is 22.7 Å². The first-order valence-corrected chi connectivity index (χ1v) is 9.02. The predicted molar refractivity (Wildman–Crippen MR) is 97.6 cm³/mol. The van der Waals surface area contributed by atoms with Crippen LogP contribution in [-0.2, 0) is 11.2 Å². The number of carbonyl (C=O) groups excluding carboxylic acids is 2. The van der Waals surface area contributed by atoms with E-state index in [1.165, 1.54) is 11.3 Å². The molecule has 1 aromatic carbocycles. The molecule has 2 aromatic heterocycles. The van der Waals surface area contributed by atoms with Crippen LogP contribution in [0, 0.1) is 0 Å². The van der Waals surface area contributed by atoms with E-state index >= 15 is 0 Å². The number of nitrogens with one attached hydrogen (secondary N) is 2. The average Bonchev–Trinajstić information content (AvgIpc) is 3.26. The van der Waals surface area contributed by atoms with E-state index in [0.29, 0.717) is 11.3 Å². The maximum atomic E-state index is 12.1. The Morgan fingerprint density at radius 3 is 2.58 bits per heavy atom. The van der Waals surface area contributed by atoms with Crippen molar-refractivity contribution >= 4 is 40.2 Å². The molecule has 0 atom stereocenters. The highest BCUT2D eigenvalue weighted by Gasteiger charge is 2.10. The minimum atomic E-state index is -0.156. The molecule has 0 radical (unpaired) electrons. The molecule has 0 saturated carbocycles. The normalized spacial score (nSPS) is 10.4. The molecule has 24 heavy (non-hydrogen) atoms. The first-order valence-electron chi connectivity index (χ1n) is 7.26. The molecule has 5 nitrogen and oxygen atoms in total. The van der Waals surface area contributed by atoms with Crippen molar-refractivity contribution in [3.8, 4) is 9.88 Å². The molecule has 2 amide bonds. The largest absolute Gasteiger partial charge is 0.355 e. The van der Waals surface area contributed by atoms with Crippen molar-refractivity contribution in [3.63, 3.8) is 0 Å². The Morgan fingerprint density at radius 2 is 1.92 bits per heavy atom. The molecule has 3 aromatic rings. The lowest BCUT2D eigenvalue weighted by Gasteiger charge is -2.05. The van der Waals surface area contributed by atoms with E-state index in [2.05, 4.69) is 15.6 Å². The first-order chi connectivity index (χ1) is 11.7. The molecule has 0 fully saturated rings. The van der Waals surface area contributed by atoms with E-state index in [9.17, 15) is 9.59 Å². The van der Waals surface area contributed by atoms with Gasteiger partial charge >= 0.3 is 0 Å². The van der Waals surface area contributed by atoms with Gasteiger partial charge in [0, 0.05) is 23.7 Å². The van der Waals surface area contributed by atoms with Crippen LogP contribution in [0.15, 0.2) is 47.2 Å². The number of benzene rings is 1. The minimum Gasteiger partial charge on any atom is -0.355 e. The summed E-state index contributed by atoms with van der Waals surface area (Å²) in [6.45, 7) is 0. The lowest BCUT2D eigenvalue weighted by molar-refractivity contribution is -0.115. The van der Waals surface area contributed by atoms with Crippen LogP contribution in [0.5, 0.6) is 0 Å². The predicted octanol–water partition coefficient (Wildman–Crippen LogP) is 3.41. The molecular weight excluding hydrogens is 342 g/mol. The Labute approximate surface area is 147 Å². The fourth-order valence-electron chi connectivity index (χ4n) is 2.12. The summed E-state index contributed by atoms with van der Waals surface area (Å²) in [7, 11) is 1.58. The third kappa shape index (κ3) is 3.87. The SMILES string of the molecule is CNC(=O)c1ccc(NC(=O)Cc2csc(-c3cccs3)n2)cc1. The third-order valence-corrected chi connectivity index (χ3v) is 5.21. The lowest BCUT2D eigenvalue weighted by Crippen LogP contribution is -2.18. The third-order valence-electron chi connectivity index (χ3n) is 3.28. The Morgan fingerprint density at radius 1 is 1.12 bits per heavy atom. The average molecular weight is 357 g/mol. The second-order valence-electron chi connectivity index (χ2n) is 5.00. The molecule has 0 aliphatic carbocycles. The summed E-state index contributed by atoms with van der Waals surface area (Å²) in [5.74, 6) is -0.290. The number of carbonyl (C=O) groups is 2.